The minimum atomic E-state index is -4.49. The number of carbonyl (C=O) groups excluding carboxylic acids is 1. The zero-order valence-electron chi connectivity index (χ0n) is 8.23. The number of benzene rings is 1. The highest BCUT2D eigenvalue weighted by atomic mass is 31.2. The average Bonchev–Trinajstić information content (AvgIpc) is 2.26. The molecule has 1 unspecified atom stereocenters. The Morgan fingerprint density at radius 3 is 2.65 bits per heavy atom. The molecule has 0 spiro atoms. The van der Waals surface area contributed by atoms with Gasteiger partial charge in [0.15, 0.2) is 6.61 Å². The van der Waals surface area contributed by atoms with Crippen LogP contribution in [0.2, 0.25) is 0 Å². The fraction of sp³-hybridized carbons (Fsp3) is 0.222. The Balaban J connectivity index is 2.05. The van der Waals surface area contributed by atoms with Crippen molar-refractivity contribution in [1.82, 2.24) is 0 Å². The summed E-state index contributed by atoms with van der Waals surface area (Å²) in [5, 5.41) is 0. The van der Waals surface area contributed by atoms with Crippen LogP contribution in [-0.2, 0) is 9.05 Å². The van der Waals surface area contributed by atoms with Gasteiger partial charge in [-0.15, -0.1) is 0 Å². The molecule has 1 atom stereocenters. The molecular formula is C9H6F3O4P. The minimum Gasteiger partial charge on any atom is -0.417 e. The van der Waals surface area contributed by atoms with E-state index in [1.807, 2.05) is 0 Å². The van der Waals surface area contributed by atoms with E-state index in [2.05, 4.69) is 9.05 Å². The first-order valence-corrected chi connectivity index (χ1v) is 5.54. The van der Waals surface area contributed by atoms with E-state index in [0.717, 1.165) is 0 Å². The van der Waals surface area contributed by atoms with Gasteiger partial charge in [0, 0.05) is 0 Å². The largest absolute Gasteiger partial charge is 0.465 e. The molecule has 0 N–H and O–H groups in total. The number of hydrogen-bond donors (Lipinski definition) is 0. The molecule has 1 aliphatic heterocycles. The fourth-order valence-corrected chi connectivity index (χ4v) is 2.06. The molecule has 0 radical (unpaired) electrons. The molecule has 0 aromatic heterocycles. The van der Waals surface area contributed by atoms with Crippen molar-refractivity contribution in [2.24, 2.45) is 0 Å². The zero-order chi connectivity index (χ0) is 12.5. The highest BCUT2D eigenvalue weighted by Crippen LogP contribution is 2.47. The van der Waals surface area contributed by atoms with Gasteiger partial charge < -0.3 is 9.05 Å². The lowest BCUT2D eigenvalue weighted by Crippen LogP contribution is -2.19. The molecule has 1 aliphatic rings. The number of rotatable bonds is 2. The predicted molar refractivity (Wildman–Crippen MR) is 51.4 cm³/mol. The normalized spacial score (nSPS) is 19.2. The summed E-state index contributed by atoms with van der Waals surface area (Å²) in [6.45, 7) is -1.52. The Hall–Kier alpha value is -1.33. The Morgan fingerprint density at radius 2 is 1.94 bits per heavy atom. The van der Waals surface area contributed by atoms with Crippen molar-refractivity contribution in [3.05, 3.63) is 29.8 Å². The molecule has 0 aliphatic carbocycles. The summed E-state index contributed by atoms with van der Waals surface area (Å²) in [7, 11) is -2.33. The summed E-state index contributed by atoms with van der Waals surface area (Å²) < 4.78 is 49.6. The SMILES string of the molecule is O=C1OP(OCC(F)(F)F)Oc2ccccc21. The second kappa shape index (κ2) is 4.50. The van der Waals surface area contributed by atoms with E-state index in [4.69, 9.17) is 4.52 Å². The van der Waals surface area contributed by atoms with E-state index in [1.165, 1.54) is 12.1 Å². The zero-order valence-corrected chi connectivity index (χ0v) is 9.13. The third kappa shape index (κ3) is 3.08. The van der Waals surface area contributed by atoms with Gasteiger partial charge >= 0.3 is 20.7 Å². The Bertz CT molecular complexity index is 434. The van der Waals surface area contributed by atoms with E-state index in [0.29, 0.717) is 0 Å². The molecule has 0 saturated heterocycles. The topological polar surface area (TPSA) is 44.8 Å². The lowest BCUT2D eigenvalue weighted by atomic mass is 10.2. The van der Waals surface area contributed by atoms with Gasteiger partial charge in [0.05, 0.1) is 0 Å². The van der Waals surface area contributed by atoms with Crippen molar-refractivity contribution >= 4 is 14.6 Å². The Labute approximate surface area is 95.3 Å². The summed E-state index contributed by atoms with van der Waals surface area (Å²) in [5.41, 5.74) is 0.168. The molecule has 1 heterocycles. The minimum absolute atomic E-state index is 0.164. The lowest BCUT2D eigenvalue weighted by molar-refractivity contribution is -0.154. The van der Waals surface area contributed by atoms with Gasteiger partial charge in [0.1, 0.15) is 11.3 Å². The maximum absolute atomic E-state index is 11.9. The second-order valence-corrected chi connectivity index (χ2v) is 4.15. The summed E-state index contributed by atoms with van der Waals surface area (Å²) >= 11 is 0. The van der Waals surface area contributed by atoms with Gasteiger partial charge in [-0.25, -0.2) is 4.79 Å². The van der Waals surface area contributed by atoms with Crippen molar-refractivity contribution in [1.29, 1.82) is 0 Å². The first-order chi connectivity index (χ1) is 7.96. The maximum Gasteiger partial charge on any atom is 0.465 e. The third-order valence-electron chi connectivity index (χ3n) is 1.77. The van der Waals surface area contributed by atoms with Crippen molar-refractivity contribution in [3.8, 4) is 5.75 Å². The quantitative estimate of drug-likeness (QED) is 0.772. The van der Waals surface area contributed by atoms with Crippen LogP contribution in [-0.4, -0.2) is 18.8 Å². The average molecular weight is 266 g/mol. The van der Waals surface area contributed by atoms with Crippen molar-refractivity contribution in [3.63, 3.8) is 0 Å². The predicted octanol–water partition coefficient (Wildman–Crippen LogP) is 3.04. The van der Waals surface area contributed by atoms with E-state index >= 15 is 0 Å². The summed E-state index contributed by atoms with van der Waals surface area (Å²) in [6.07, 6.45) is -4.49. The summed E-state index contributed by atoms with van der Waals surface area (Å²) in [6, 6.07) is 6.10. The van der Waals surface area contributed by atoms with Crippen LogP contribution in [0.1, 0.15) is 10.4 Å². The number of carbonyl (C=O) groups is 1. The van der Waals surface area contributed by atoms with Crippen molar-refractivity contribution < 1.29 is 31.5 Å². The maximum atomic E-state index is 11.9. The van der Waals surface area contributed by atoms with Gasteiger partial charge in [-0.05, 0) is 12.1 Å². The van der Waals surface area contributed by atoms with E-state index in [-0.39, 0.29) is 11.3 Å². The molecule has 2 rings (SSSR count). The lowest BCUT2D eigenvalue weighted by Gasteiger charge is -2.22. The first kappa shape index (κ1) is 12.1. The molecule has 1 aromatic rings. The molecule has 8 heteroatoms. The first-order valence-electron chi connectivity index (χ1n) is 4.45. The van der Waals surface area contributed by atoms with Gasteiger partial charge in [-0.3, -0.25) is 4.52 Å². The van der Waals surface area contributed by atoms with Crippen LogP contribution in [0, 0.1) is 0 Å². The van der Waals surface area contributed by atoms with Crippen LogP contribution in [0.4, 0.5) is 13.2 Å². The third-order valence-corrected chi connectivity index (χ3v) is 2.77. The van der Waals surface area contributed by atoms with Crippen LogP contribution in [0.25, 0.3) is 0 Å². The van der Waals surface area contributed by atoms with Gasteiger partial charge in [-0.1, -0.05) is 12.1 Å². The second-order valence-electron chi connectivity index (χ2n) is 3.08. The number of fused-ring (bicyclic) bond motifs is 1. The highest BCUT2D eigenvalue weighted by Gasteiger charge is 2.35. The van der Waals surface area contributed by atoms with Crippen LogP contribution < -0.4 is 4.52 Å². The highest BCUT2D eigenvalue weighted by molar-refractivity contribution is 7.43. The number of hydrogen-bond acceptors (Lipinski definition) is 4. The van der Waals surface area contributed by atoms with Crippen molar-refractivity contribution in [2.45, 2.75) is 6.18 Å². The van der Waals surface area contributed by atoms with E-state index in [9.17, 15) is 18.0 Å². The molecule has 4 nitrogen and oxygen atoms in total. The monoisotopic (exact) mass is 266 g/mol. The molecule has 1 aromatic carbocycles. The number of para-hydroxylation sites is 1. The van der Waals surface area contributed by atoms with Gasteiger partial charge in [-0.2, -0.15) is 13.2 Å². The molecule has 0 fully saturated rings. The number of halogens is 3. The Kier molecular flexibility index (Phi) is 3.22. The van der Waals surface area contributed by atoms with Crippen LogP contribution >= 0.6 is 8.60 Å². The van der Waals surface area contributed by atoms with Crippen molar-refractivity contribution in [2.75, 3.05) is 6.61 Å². The van der Waals surface area contributed by atoms with Crippen LogP contribution in [0.5, 0.6) is 5.75 Å². The molecule has 0 amide bonds. The van der Waals surface area contributed by atoms with Crippen LogP contribution in [0.15, 0.2) is 24.3 Å². The van der Waals surface area contributed by atoms with Gasteiger partial charge in [0.2, 0.25) is 0 Å². The smallest absolute Gasteiger partial charge is 0.417 e. The molecule has 0 bridgehead atoms. The molecule has 92 valence electrons. The fourth-order valence-electron chi connectivity index (χ4n) is 1.11. The molecule has 0 saturated carbocycles. The Morgan fingerprint density at radius 1 is 1.24 bits per heavy atom. The number of alkyl halides is 3. The van der Waals surface area contributed by atoms with Crippen LogP contribution in [0.3, 0.4) is 0 Å². The van der Waals surface area contributed by atoms with E-state index in [1.54, 1.807) is 12.1 Å². The standard InChI is InChI=1S/C9H6F3O4P/c10-9(11,12)5-14-17-15-7-4-2-1-3-6(7)8(13)16-17/h1-4H,5H2. The van der Waals surface area contributed by atoms with Gasteiger partial charge in [0.25, 0.3) is 0 Å². The molecule has 17 heavy (non-hydrogen) atoms. The summed E-state index contributed by atoms with van der Waals surface area (Å²) in [4.78, 5) is 11.4. The summed E-state index contributed by atoms with van der Waals surface area (Å²) in [5.74, 6) is -0.586. The molecular weight excluding hydrogens is 260 g/mol. The van der Waals surface area contributed by atoms with E-state index < -0.39 is 27.4 Å².